The number of ether oxygens (including phenoxy) is 3. The Labute approximate surface area is 311 Å². The van der Waals surface area contributed by atoms with Crippen LogP contribution in [0.1, 0.15) is 34.0 Å². The van der Waals surface area contributed by atoms with Gasteiger partial charge in [0.25, 0.3) is 0 Å². The minimum absolute atomic E-state index is 0. The summed E-state index contributed by atoms with van der Waals surface area (Å²) in [4.78, 5) is 12.4. The number of para-hydroxylation sites is 3. The topological polar surface area (TPSA) is 173 Å². The van der Waals surface area contributed by atoms with E-state index < -0.39 is 0 Å². The number of rotatable bonds is 12. The predicted octanol–water partition coefficient (Wildman–Crippen LogP) is 5.94. The smallest absolute Gasteiger partial charge is 0.870 e. The van der Waals surface area contributed by atoms with Gasteiger partial charge in [-0.15, -0.1) is 0 Å². The van der Waals surface area contributed by atoms with Crippen LogP contribution in [0, 0.1) is 0 Å². The molecule has 12 nitrogen and oxygen atoms in total. The number of aliphatic imine (C=N–C) groups is 3. The van der Waals surface area contributed by atoms with Crippen LogP contribution in [0.2, 0.25) is 0 Å². The molecule has 3 aromatic heterocycles. The van der Waals surface area contributed by atoms with Gasteiger partial charge in [-0.1, -0.05) is 53.6 Å². The third-order valence-electron chi connectivity index (χ3n) is 6.86. The standard InChI is InChI=1S/3C13H13NO3.Co/c3*1-16-12-6-2-4-10(13(12)15)8-14-9-11-5-3-7-17-11;/h3*2-8,15H,9H2,1H3;/q;;;+3/p-3. The zero-order valence-corrected chi connectivity index (χ0v) is 29.6. The first kappa shape index (κ1) is 40.2. The zero-order valence-electron chi connectivity index (χ0n) is 28.6. The molecule has 0 atom stereocenters. The summed E-state index contributed by atoms with van der Waals surface area (Å²) in [7, 11) is 4.42. The van der Waals surface area contributed by atoms with E-state index in [-0.39, 0.29) is 34.0 Å². The fourth-order valence-electron chi connectivity index (χ4n) is 4.30. The minimum Gasteiger partial charge on any atom is -0.870 e. The molecule has 3 aromatic carbocycles. The van der Waals surface area contributed by atoms with Crippen LogP contribution in [0.15, 0.2) is 138 Å². The second-order valence-electron chi connectivity index (χ2n) is 10.3. The summed E-state index contributed by atoms with van der Waals surface area (Å²) in [5.41, 5.74) is 1.53. The SMILES string of the molecule is COc1cccc(C=NCc2ccco2)c1[O-].COc1cccc(C=NCc2ccco2)c1[O-].COc1cccc(C=NCc2ccco2)c1[O-].[Co+3]. The molecule has 0 aliphatic heterocycles. The first-order valence-electron chi connectivity index (χ1n) is 15.5. The van der Waals surface area contributed by atoms with Crippen LogP contribution in [0.5, 0.6) is 34.5 Å². The molecule has 0 saturated carbocycles. The molecule has 0 amide bonds. The summed E-state index contributed by atoms with van der Waals surface area (Å²) >= 11 is 0. The Kier molecular flexibility index (Phi) is 16.9. The van der Waals surface area contributed by atoms with Crippen molar-refractivity contribution in [3.63, 3.8) is 0 Å². The zero-order chi connectivity index (χ0) is 36.3. The average molecular weight is 750 g/mol. The molecule has 0 unspecified atom stereocenters. The monoisotopic (exact) mass is 749 g/mol. The Balaban J connectivity index is 0.000000208. The maximum Gasteiger partial charge on any atom is 3.00 e. The van der Waals surface area contributed by atoms with Crippen molar-refractivity contribution in [1.82, 2.24) is 0 Å². The third kappa shape index (κ3) is 12.3. The van der Waals surface area contributed by atoms with Crippen LogP contribution < -0.4 is 29.5 Å². The van der Waals surface area contributed by atoms with Gasteiger partial charge >= 0.3 is 16.8 Å². The molecule has 0 fully saturated rings. The van der Waals surface area contributed by atoms with Gasteiger partial charge in [0.2, 0.25) is 0 Å². The number of hydrogen-bond donors (Lipinski definition) is 0. The van der Waals surface area contributed by atoms with Crippen LogP contribution in [0.3, 0.4) is 0 Å². The van der Waals surface area contributed by atoms with Crippen molar-refractivity contribution in [3.05, 3.63) is 144 Å². The fraction of sp³-hybridized carbons (Fsp3) is 0.154. The second kappa shape index (κ2) is 21.8. The van der Waals surface area contributed by atoms with Gasteiger partial charge < -0.3 is 42.8 Å². The normalized spacial score (nSPS) is 10.7. The summed E-state index contributed by atoms with van der Waals surface area (Å²) in [5, 5.41) is 35.3. The van der Waals surface area contributed by atoms with E-state index in [0.29, 0.717) is 53.6 Å². The van der Waals surface area contributed by atoms with Crippen molar-refractivity contribution in [2.75, 3.05) is 21.3 Å². The van der Waals surface area contributed by atoms with Crippen molar-refractivity contribution < 1.29 is 59.6 Å². The van der Waals surface area contributed by atoms with Gasteiger partial charge in [0, 0.05) is 18.6 Å². The van der Waals surface area contributed by atoms with Crippen LogP contribution >= 0.6 is 0 Å². The van der Waals surface area contributed by atoms with Crippen molar-refractivity contribution in [1.29, 1.82) is 0 Å². The minimum atomic E-state index is -0.154. The number of benzene rings is 3. The molecule has 0 aliphatic carbocycles. The number of nitrogens with zero attached hydrogens (tertiary/aromatic N) is 3. The van der Waals surface area contributed by atoms with Crippen molar-refractivity contribution in [3.8, 4) is 34.5 Å². The molecule has 0 saturated heterocycles. The molecule has 270 valence electrons. The molecular weight excluding hydrogens is 713 g/mol. The Morgan fingerprint density at radius 3 is 0.981 bits per heavy atom. The van der Waals surface area contributed by atoms with E-state index in [4.69, 9.17) is 27.5 Å². The summed E-state index contributed by atoms with van der Waals surface area (Å²) in [6, 6.07) is 26.2. The Morgan fingerprint density at radius 1 is 0.462 bits per heavy atom. The molecule has 13 heteroatoms. The summed E-state index contributed by atoms with van der Waals surface area (Å²) in [5.74, 6) is 2.80. The summed E-state index contributed by atoms with van der Waals surface area (Å²) in [6.45, 7) is 1.26. The largest absolute Gasteiger partial charge is 3.00 e. The molecule has 6 aromatic rings. The first-order valence-corrected chi connectivity index (χ1v) is 15.5. The van der Waals surface area contributed by atoms with E-state index >= 15 is 0 Å². The van der Waals surface area contributed by atoms with E-state index in [2.05, 4.69) is 15.0 Å². The van der Waals surface area contributed by atoms with Crippen LogP contribution in [-0.4, -0.2) is 40.0 Å². The fourth-order valence-corrected chi connectivity index (χ4v) is 4.30. The predicted molar refractivity (Wildman–Crippen MR) is 187 cm³/mol. The molecule has 0 radical (unpaired) electrons. The number of furan rings is 3. The maximum absolute atomic E-state index is 11.8. The van der Waals surface area contributed by atoms with Gasteiger partial charge in [0.15, 0.2) is 0 Å². The first-order chi connectivity index (χ1) is 24.9. The molecular formula is C39H36CoN3O9. The van der Waals surface area contributed by atoms with E-state index in [1.54, 1.807) is 91.6 Å². The van der Waals surface area contributed by atoms with Gasteiger partial charge in [0.1, 0.15) is 34.5 Å². The third-order valence-corrected chi connectivity index (χ3v) is 6.86. The molecule has 0 N–H and O–H groups in total. The average Bonchev–Trinajstić information content (AvgIpc) is 3.97. The number of methoxy groups -OCH3 is 3. The van der Waals surface area contributed by atoms with Gasteiger partial charge in [-0.05, 0) is 71.3 Å². The van der Waals surface area contributed by atoms with Crippen molar-refractivity contribution >= 4 is 18.6 Å². The van der Waals surface area contributed by atoms with Gasteiger partial charge in [-0.3, -0.25) is 15.0 Å². The molecule has 0 spiro atoms. The Morgan fingerprint density at radius 2 is 0.750 bits per heavy atom. The maximum atomic E-state index is 11.8. The second-order valence-corrected chi connectivity index (χ2v) is 10.3. The Hall–Kier alpha value is -6.18. The van der Waals surface area contributed by atoms with Crippen molar-refractivity contribution in [2.24, 2.45) is 15.0 Å². The summed E-state index contributed by atoms with van der Waals surface area (Å²) < 4.78 is 30.2. The molecule has 0 bridgehead atoms. The Bertz CT molecular complexity index is 1740. The molecule has 0 aliphatic rings. The van der Waals surface area contributed by atoms with E-state index in [0.717, 1.165) is 17.3 Å². The number of hydrogen-bond acceptors (Lipinski definition) is 12. The van der Waals surface area contributed by atoms with Crippen LogP contribution in [-0.2, 0) is 36.4 Å². The van der Waals surface area contributed by atoms with Gasteiger partial charge in [-0.2, -0.15) is 0 Å². The van der Waals surface area contributed by atoms with E-state index in [9.17, 15) is 15.3 Å². The quantitative estimate of drug-likeness (QED) is 0.137. The van der Waals surface area contributed by atoms with E-state index in [1.165, 1.54) is 40.0 Å². The van der Waals surface area contributed by atoms with Crippen LogP contribution in [0.25, 0.3) is 0 Å². The van der Waals surface area contributed by atoms with Gasteiger partial charge in [0.05, 0.1) is 59.8 Å². The molecule has 3 heterocycles. The van der Waals surface area contributed by atoms with Crippen LogP contribution in [0.4, 0.5) is 0 Å². The van der Waals surface area contributed by atoms with Gasteiger partial charge in [-0.25, -0.2) is 0 Å². The molecule has 6 rings (SSSR count). The molecule has 52 heavy (non-hydrogen) atoms. The summed E-state index contributed by atoms with van der Waals surface area (Å²) in [6.07, 6.45) is 9.38. The van der Waals surface area contributed by atoms with Crippen molar-refractivity contribution in [2.45, 2.75) is 19.6 Å². The van der Waals surface area contributed by atoms with E-state index in [1.807, 2.05) is 18.2 Å².